The first-order valence-corrected chi connectivity index (χ1v) is 5.54. The molecule has 15 heavy (non-hydrogen) atoms. The second-order valence-electron chi connectivity index (χ2n) is 3.98. The molecule has 2 heterocycles. The Morgan fingerprint density at radius 2 is 2.33 bits per heavy atom. The second-order valence-corrected chi connectivity index (χ2v) is 4.32. The van der Waals surface area contributed by atoms with Crippen LogP contribution in [0.15, 0.2) is 6.07 Å². The van der Waals surface area contributed by atoms with Gasteiger partial charge in [-0.3, -0.25) is 0 Å². The average Bonchev–Trinajstić information content (AvgIpc) is 2.16. The SMILES string of the molecule is Cc1cc(N2CCCC(N)C2)nc(Cl)n1. The van der Waals surface area contributed by atoms with E-state index in [9.17, 15) is 0 Å². The summed E-state index contributed by atoms with van der Waals surface area (Å²) in [6, 6.07) is 2.19. The van der Waals surface area contributed by atoms with Crippen molar-refractivity contribution in [1.29, 1.82) is 0 Å². The Morgan fingerprint density at radius 1 is 1.53 bits per heavy atom. The number of piperidine rings is 1. The maximum atomic E-state index is 5.92. The second kappa shape index (κ2) is 4.33. The quantitative estimate of drug-likeness (QED) is 0.735. The molecule has 82 valence electrons. The van der Waals surface area contributed by atoms with E-state index in [4.69, 9.17) is 17.3 Å². The van der Waals surface area contributed by atoms with E-state index in [1.807, 2.05) is 13.0 Å². The third-order valence-electron chi connectivity index (χ3n) is 2.60. The van der Waals surface area contributed by atoms with Crippen molar-refractivity contribution >= 4 is 17.4 Å². The summed E-state index contributed by atoms with van der Waals surface area (Å²) in [5.41, 5.74) is 6.81. The molecule has 0 radical (unpaired) electrons. The molecule has 1 atom stereocenters. The maximum Gasteiger partial charge on any atom is 0.224 e. The predicted octanol–water partition coefficient (Wildman–Crippen LogP) is 1.37. The lowest BCUT2D eigenvalue weighted by Crippen LogP contribution is -2.43. The number of hydrogen-bond donors (Lipinski definition) is 1. The van der Waals surface area contributed by atoms with E-state index in [-0.39, 0.29) is 6.04 Å². The van der Waals surface area contributed by atoms with Crippen molar-refractivity contribution in [2.45, 2.75) is 25.8 Å². The third kappa shape index (κ3) is 2.58. The van der Waals surface area contributed by atoms with Crippen LogP contribution in [0, 0.1) is 6.92 Å². The van der Waals surface area contributed by atoms with Crippen molar-refractivity contribution in [1.82, 2.24) is 9.97 Å². The summed E-state index contributed by atoms with van der Waals surface area (Å²) in [5, 5.41) is 0.309. The Bertz CT molecular complexity index is 335. The molecule has 0 amide bonds. The van der Waals surface area contributed by atoms with Gasteiger partial charge in [-0.2, -0.15) is 0 Å². The Morgan fingerprint density at radius 3 is 3.00 bits per heavy atom. The van der Waals surface area contributed by atoms with E-state index in [1.54, 1.807) is 0 Å². The van der Waals surface area contributed by atoms with Crippen LogP contribution in [0.5, 0.6) is 0 Å². The number of nitrogens with two attached hydrogens (primary N) is 1. The fourth-order valence-electron chi connectivity index (χ4n) is 1.90. The number of anilines is 1. The molecular formula is C10H15ClN4. The molecule has 0 spiro atoms. The molecule has 1 aliphatic rings. The minimum atomic E-state index is 0.243. The molecule has 1 aromatic rings. The van der Waals surface area contributed by atoms with Gasteiger partial charge < -0.3 is 10.6 Å². The van der Waals surface area contributed by atoms with Crippen LogP contribution in [-0.2, 0) is 0 Å². The Labute approximate surface area is 94.5 Å². The molecule has 0 bridgehead atoms. The minimum Gasteiger partial charge on any atom is -0.355 e. The first kappa shape index (κ1) is 10.6. The summed E-state index contributed by atoms with van der Waals surface area (Å²) in [6.07, 6.45) is 2.20. The van der Waals surface area contributed by atoms with Gasteiger partial charge in [-0.15, -0.1) is 0 Å². The number of hydrogen-bond acceptors (Lipinski definition) is 4. The van der Waals surface area contributed by atoms with Crippen molar-refractivity contribution in [3.05, 3.63) is 17.0 Å². The van der Waals surface area contributed by atoms with E-state index in [2.05, 4.69) is 14.9 Å². The highest BCUT2D eigenvalue weighted by molar-refractivity contribution is 6.28. The zero-order chi connectivity index (χ0) is 10.8. The van der Waals surface area contributed by atoms with Crippen LogP contribution in [0.3, 0.4) is 0 Å². The van der Waals surface area contributed by atoms with Gasteiger partial charge in [-0.1, -0.05) is 0 Å². The monoisotopic (exact) mass is 226 g/mol. The molecule has 0 aromatic carbocycles. The highest BCUT2D eigenvalue weighted by Gasteiger charge is 2.18. The van der Waals surface area contributed by atoms with E-state index >= 15 is 0 Å². The minimum absolute atomic E-state index is 0.243. The number of aromatic nitrogens is 2. The van der Waals surface area contributed by atoms with Crippen LogP contribution in [0.25, 0.3) is 0 Å². The first-order chi connectivity index (χ1) is 7.15. The molecule has 0 saturated carbocycles. The fourth-order valence-corrected chi connectivity index (χ4v) is 2.12. The van der Waals surface area contributed by atoms with Crippen LogP contribution in [0.4, 0.5) is 5.82 Å². The van der Waals surface area contributed by atoms with Crippen LogP contribution in [0.1, 0.15) is 18.5 Å². The van der Waals surface area contributed by atoms with Gasteiger partial charge in [0.25, 0.3) is 0 Å². The molecule has 1 fully saturated rings. The highest BCUT2D eigenvalue weighted by Crippen LogP contribution is 2.19. The summed E-state index contributed by atoms with van der Waals surface area (Å²) < 4.78 is 0. The van der Waals surface area contributed by atoms with Gasteiger partial charge in [-0.25, -0.2) is 9.97 Å². The molecule has 0 aliphatic carbocycles. The zero-order valence-corrected chi connectivity index (χ0v) is 9.54. The van der Waals surface area contributed by atoms with Crippen molar-refractivity contribution in [2.75, 3.05) is 18.0 Å². The van der Waals surface area contributed by atoms with Crippen molar-refractivity contribution in [2.24, 2.45) is 5.73 Å². The number of halogens is 1. The van der Waals surface area contributed by atoms with Crippen LogP contribution in [-0.4, -0.2) is 29.1 Å². The van der Waals surface area contributed by atoms with Gasteiger partial charge in [0.1, 0.15) is 5.82 Å². The van der Waals surface area contributed by atoms with Crippen LogP contribution >= 0.6 is 11.6 Å². The van der Waals surface area contributed by atoms with Crippen molar-refractivity contribution < 1.29 is 0 Å². The van der Waals surface area contributed by atoms with Gasteiger partial charge in [0, 0.05) is 30.9 Å². The summed E-state index contributed by atoms with van der Waals surface area (Å²) >= 11 is 5.83. The van der Waals surface area contributed by atoms with E-state index < -0.39 is 0 Å². The first-order valence-electron chi connectivity index (χ1n) is 5.17. The normalized spacial score (nSPS) is 21.8. The standard InChI is InChI=1S/C10H15ClN4/c1-7-5-9(14-10(11)13-7)15-4-2-3-8(12)6-15/h5,8H,2-4,6,12H2,1H3. The molecule has 4 nitrogen and oxygen atoms in total. The molecule has 2 rings (SSSR count). The van der Waals surface area contributed by atoms with Crippen LogP contribution < -0.4 is 10.6 Å². The van der Waals surface area contributed by atoms with Crippen LogP contribution in [0.2, 0.25) is 5.28 Å². The van der Waals surface area contributed by atoms with E-state index in [1.165, 1.54) is 0 Å². The van der Waals surface area contributed by atoms with Gasteiger partial charge >= 0.3 is 0 Å². The molecule has 5 heteroatoms. The predicted molar refractivity (Wildman–Crippen MR) is 61.2 cm³/mol. The Kier molecular flexibility index (Phi) is 3.07. The molecular weight excluding hydrogens is 212 g/mol. The van der Waals surface area contributed by atoms with Gasteiger partial charge in [-0.05, 0) is 31.4 Å². The van der Waals surface area contributed by atoms with E-state index in [0.29, 0.717) is 5.28 Å². The Hall–Kier alpha value is -0.870. The lowest BCUT2D eigenvalue weighted by Gasteiger charge is -2.31. The molecule has 2 N–H and O–H groups in total. The average molecular weight is 227 g/mol. The topological polar surface area (TPSA) is 55.0 Å². The zero-order valence-electron chi connectivity index (χ0n) is 8.78. The number of aryl methyl sites for hydroxylation is 1. The summed E-state index contributed by atoms with van der Waals surface area (Å²) in [5.74, 6) is 0.891. The smallest absolute Gasteiger partial charge is 0.224 e. The number of nitrogens with zero attached hydrogens (tertiary/aromatic N) is 3. The Balaban J connectivity index is 2.20. The van der Waals surface area contributed by atoms with Crippen molar-refractivity contribution in [3.63, 3.8) is 0 Å². The molecule has 1 aromatic heterocycles. The summed E-state index contributed by atoms with van der Waals surface area (Å²) in [7, 11) is 0. The van der Waals surface area contributed by atoms with Gasteiger partial charge in [0.05, 0.1) is 0 Å². The fraction of sp³-hybridized carbons (Fsp3) is 0.600. The van der Waals surface area contributed by atoms with Crippen molar-refractivity contribution in [3.8, 4) is 0 Å². The summed E-state index contributed by atoms with van der Waals surface area (Å²) in [4.78, 5) is 10.4. The highest BCUT2D eigenvalue weighted by atomic mass is 35.5. The van der Waals surface area contributed by atoms with Gasteiger partial charge in [0.15, 0.2) is 0 Å². The maximum absolute atomic E-state index is 5.92. The molecule has 1 saturated heterocycles. The largest absolute Gasteiger partial charge is 0.355 e. The molecule has 1 aliphatic heterocycles. The van der Waals surface area contributed by atoms with E-state index in [0.717, 1.165) is 37.4 Å². The molecule has 1 unspecified atom stereocenters. The summed E-state index contributed by atoms with van der Waals surface area (Å²) in [6.45, 7) is 3.77. The lowest BCUT2D eigenvalue weighted by atomic mass is 10.1. The lowest BCUT2D eigenvalue weighted by molar-refractivity contribution is 0.503. The third-order valence-corrected chi connectivity index (χ3v) is 2.76. The number of rotatable bonds is 1. The van der Waals surface area contributed by atoms with Gasteiger partial charge in [0.2, 0.25) is 5.28 Å².